The van der Waals surface area contributed by atoms with Crippen LogP contribution in [-0.2, 0) is 6.42 Å². The summed E-state index contributed by atoms with van der Waals surface area (Å²) in [5, 5.41) is 0. The largest absolute Gasteiger partial charge is 0.204 e. The molecule has 0 radical (unpaired) electrons. The van der Waals surface area contributed by atoms with Gasteiger partial charge >= 0.3 is 0 Å². The molecule has 1 fully saturated rings. The van der Waals surface area contributed by atoms with E-state index in [2.05, 4.69) is 15.9 Å². The fraction of sp³-hybridized carbons (Fsp3) is 0.625. The Labute approximate surface area is 122 Å². The average Bonchev–Trinajstić information content (AvgIpc) is 2.63. The molecule has 0 spiro atoms. The van der Waals surface area contributed by atoms with E-state index in [4.69, 9.17) is 0 Å². The van der Waals surface area contributed by atoms with Gasteiger partial charge in [0.05, 0.1) is 0 Å². The van der Waals surface area contributed by atoms with E-state index >= 15 is 0 Å². The summed E-state index contributed by atoms with van der Waals surface area (Å²) in [4.78, 5) is 0.242. The zero-order valence-corrected chi connectivity index (χ0v) is 12.8. The molecule has 0 aliphatic heterocycles. The normalized spacial score (nSPS) is 19.1. The van der Waals surface area contributed by atoms with E-state index in [-0.39, 0.29) is 4.83 Å². The highest BCUT2D eigenvalue weighted by Gasteiger charge is 2.18. The van der Waals surface area contributed by atoms with Gasteiger partial charge in [0.25, 0.3) is 0 Å². The van der Waals surface area contributed by atoms with E-state index in [0.29, 0.717) is 12.0 Å². The van der Waals surface area contributed by atoms with Gasteiger partial charge in [0.1, 0.15) is 0 Å². The summed E-state index contributed by atoms with van der Waals surface area (Å²) in [6.07, 6.45) is 9.54. The van der Waals surface area contributed by atoms with Crippen LogP contribution < -0.4 is 0 Å². The van der Waals surface area contributed by atoms with Gasteiger partial charge < -0.3 is 0 Å². The second kappa shape index (κ2) is 7.37. The summed E-state index contributed by atoms with van der Waals surface area (Å²) in [5.74, 6) is -0.692. The maximum atomic E-state index is 13.6. The van der Waals surface area contributed by atoms with Crippen LogP contribution in [0.15, 0.2) is 18.2 Å². The molecule has 1 aromatic carbocycles. The highest BCUT2D eigenvalue weighted by Crippen LogP contribution is 2.30. The Kier molecular flexibility index (Phi) is 5.80. The first-order chi connectivity index (χ1) is 9.16. The predicted octanol–water partition coefficient (Wildman–Crippen LogP) is 5.63. The first-order valence-corrected chi connectivity index (χ1v) is 8.15. The van der Waals surface area contributed by atoms with Crippen LogP contribution in [0.3, 0.4) is 0 Å². The Hall–Kier alpha value is -0.440. The maximum Gasteiger partial charge on any atom is 0.162 e. The monoisotopic (exact) mass is 330 g/mol. The van der Waals surface area contributed by atoms with Gasteiger partial charge in [0.15, 0.2) is 11.6 Å². The molecular formula is C16H21BrF2. The highest BCUT2D eigenvalue weighted by molar-refractivity contribution is 9.09. The van der Waals surface area contributed by atoms with E-state index in [1.54, 1.807) is 12.1 Å². The molecule has 0 saturated heterocycles. The standard InChI is InChI=1S/C16H21BrF2/c17-14(10-12-6-3-1-2-4-7-12)11-13-8-5-9-15(18)16(13)19/h5,8-9,12,14H,1-4,6-7,10-11H2. The van der Waals surface area contributed by atoms with Crippen LogP contribution in [0, 0.1) is 17.6 Å². The summed E-state index contributed by atoms with van der Waals surface area (Å²) >= 11 is 3.65. The zero-order valence-electron chi connectivity index (χ0n) is 11.2. The number of alkyl halides is 1. The number of hydrogen-bond acceptors (Lipinski definition) is 0. The van der Waals surface area contributed by atoms with Crippen LogP contribution in [-0.4, -0.2) is 4.83 Å². The summed E-state index contributed by atoms with van der Waals surface area (Å²) in [7, 11) is 0. The fourth-order valence-electron chi connectivity index (χ4n) is 2.99. The molecule has 1 atom stereocenters. The highest BCUT2D eigenvalue weighted by atomic mass is 79.9. The van der Waals surface area contributed by atoms with Crippen molar-refractivity contribution < 1.29 is 8.78 Å². The third-order valence-corrected chi connectivity index (χ3v) is 4.73. The molecule has 1 unspecified atom stereocenters. The Morgan fingerprint density at radius 2 is 1.79 bits per heavy atom. The van der Waals surface area contributed by atoms with Crippen molar-refractivity contribution in [2.24, 2.45) is 5.92 Å². The molecule has 2 rings (SSSR count). The lowest BCUT2D eigenvalue weighted by Crippen LogP contribution is -2.12. The Morgan fingerprint density at radius 1 is 1.11 bits per heavy atom. The molecule has 0 aromatic heterocycles. The van der Waals surface area contributed by atoms with Crippen LogP contribution in [0.5, 0.6) is 0 Å². The number of benzene rings is 1. The minimum absolute atomic E-state index is 0.242. The molecule has 1 aliphatic carbocycles. The molecule has 106 valence electrons. The third-order valence-electron chi connectivity index (χ3n) is 4.04. The molecular weight excluding hydrogens is 310 g/mol. The Morgan fingerprint density at radius 3 is 2.47 bits per heavy atom. The van der Waals surface area contributed by atoms with Gasteiger partial charge in [-0.3, -0.25) is 0 Å². The van der Waals surface area contributed by atoms with Gasteiger partial charge in [-0.05, 0) is 30.4 Å². The van der Waals surface area contributed by atoms with Crippen molar-refractivity contribution in [3.63, 3.8) is 0 Å². The minimum atomic E-state index is -0.744. The number of halogens is 3. The van der Waals surface area contributed by atoms with Crippen LogP contribution >= 0.6 is 15.9 Å². The molecule has 0 N–H and O–H groups in total. The van der Waals surface area contributed by atoms with Crippen molar-refractivity contribution in [2.75, 3.05) is 0 Å². The first kappa shape index (κ1) is 15.0. The third kappa shape index (κ3) is 4.55. The van der Waals surface area contributed by atoms with Gasteiger partial charge in [-0.1, -0.05) is 66.6 Å². The summed E-state index contributed by atoms with van der Waals surface area (Å²) in [5.41, 5.74) is 0.482. The van der Waals surface area contributed by atoms with Crippen molar-refractivity contribution in [1.29, 1.82) is 0 Å². The van der Waals surface area contributed by atoms with Crippen LogP contribution in [0.1, 0.15) is 50.5 Å². The van der Waals surface area contributed by atoms with E-state index in [1.165, 1.54) is 44.6 Å². The molecule has 1 aliphatic rings. The van der Waals surface area contributed by atoms with Gasteiger partial charge in [-0.25, -0.2) is 8.78 Å². The first-order valence-electron chi connectivity index (χ1n) is 7.23. The van der Waals surface area contributed by atoms with E-state index < -0.39 is 11.6 Å². The van der Waals surface area contributed by atoms with Crippen molar-refractivity contribution in [2.45, 2.75) is 56.2 Å². The Bertz CT molecular complexity index is 398. The predicted molar refractivity (Wildman–Crippen MR) is 78.6 cm³/mol. The zero-order chi connectivity index (χ0) is 13.7. The quantitative estimate of drug-likeness (QED) is 0.495. The average molecular weight is 331 g/mol. The minimum Gasteiger partial charge on any atom is -0.204 e. The van der Waals surface area contributed by atoms with Gasteiger partial charge in [0, 0.05) is 4.83 Å². The second-order valence-corrected chi connectivity index (χ2v) is 6.90. The van der Waals surface area contributed by atoms with Gasteiger partial charge in [-0.2, -0.15) is 0 Å². The lowest BCUT2D eigenvalue weighted by Gasteiger charge is -2.18. The molecule has 19 heavy (non-hydrogen) atoms. The summed E-state index contributed by atoms with van der Waals surface area (Å²) in [6, 6.07) is 4.44. The van der Waals surface area contributed by atoms with E-state index in [0.717, 1.165) is 12.3 Å². The number of hydrogen-bond donors (Lipinski definition) is 0. The smallest absolute Gasteiger partial charge is 0.162 e. The molecule has 0 heterocycles. The van der Waals surface area contributed by atoms with Crippen LogP contribution in [0.4, 0.5) is 8.78 Å². The molecule has 0 nitrogen and oxygen atoms in total. The summed E-state index contributed by atoms with van der Waals surface area (Å²) in [6.45, 7) is 0. The second-order valence-electron chi connectivity index (χ2n) is 5.61. The lowest BCUT2D eigenvalue weighted by atomic mass is 9.93. The topological polar surface area (TPSA) is 0 Å². The van der Waals surface area contributed by atoms with Crippen molar-refractivity contribution in [3.05, 3.63) is 35.4 Å². The van der Waals surface area contributed by atoms with E-state index in [1.807, 2.05) is 0 Å². The number of rotatable bonds is 4. The molecule has 1 aromatic rings. The van der Waals surface area contributed by atoms with E-state index in [9.17, 15) is 8.78 Å². The molecule has 0 amide bonds. The van der Waals surface area contributed by atoms with Crippen LogP contribution in [0.2, 0.25) is 0 Å². The molecule has 0 bridgehead atoms. The SMILES string of the molecule is Fc1cccc(CC(Br)CC2CCCCCC2)c1F. The maximum absolute atomic E-state index is 13.6. The van der Waals surface area contributed by atoms with Crippen molar-refractivity contribution >= 4 is 15.9 Å². The molecule has 1 saturated carbocycles. The summed E-state index contributed by atoms with van der Waals surface area (Å²) < 4.78 is 26.8. The Balaban J connectivity index is 1.89. The van der Waals surface area contributed by atoms with Gasteiger partial charge in [-0.15, -0.1) is 0 Å². The van der Waals surface area contributed by atoms with Crippen LogP contribution in [0.25, 0.3) is 0 Å². The lowest BCUT2D eigenvalue weighted by molar-refractivity contribution is 0.420. The fourth-order valence-corrected chi connectivity index (χ4v) is 3.87. The van der Waals surface area contributed by atoms with Crippen molar-refractivity contribution in [1.82, 2.24) is 0 Å². The molecule has 3 heteroatoms. The van der Waals surface area contributed by atoms with Gasteiger partial charge in [0.2, 0.25) is 0 Å². The van der Waals surface area contributed by atoms with Crippen molar-refractivity contribution in [3.8, 4) is 0 Å².